The molecule has 0 spiro atoms. The minimum absolute atomic E-state index is 0.0454. The average Bonchev–Trinajstić information content (AvgIpc) is 3.14. The number of nitrogens with zero attached hydrogens (tertiary/aromatic N) is 2. The van der Waals surface area contributed by atoms with Gasteiger partial charge in [-0.05, 0) is 95.8 Å². The zero-order chi connectivity index (χ0) is 25.5. The molecule has 35 heavy (non-hydrogen) atoms. The summed E-state index contributed by atoms with van der Waals surface area (Å²) in [6.07, 6.45) is 3.49. The van der Waals surface area contributed by atoms with Crippen LogP contribution >= 0.6 is 0 Å². The molecule has 1 N–H and O–H groups in total. The minimum Gasteiger partial charge on any atom is -0.443 e. The number of fused-ring (bicyclic) bond motifs is 2. The molecule has 1 unspecified atom stereocenters. The van der Waals surface area contributed by atoms with Crippen LogP contribution in [0, 0.1) is 18.2 Å². The number of halogens is 1. The molecule has 184 valence electrons. The largest absolute Gasteiger partial charge is 0.443 e. The van der Waals surface area contributed by atoms with E-state index in [9.17, 15) is 14.0 Å². The predicted molar refractivity (Wildman–Crippen MR) is 137 cm³/mol. The average molecular weight is 478 g/mol. The second-order valence-electron chi connectivity index (χ2n) is 10.5. The number of allylic oxidation sites excluding steroid dienone is 1. The molecule has 0 amide bonds. The lowest BCUT2D eigenvalue weighted by molar-refractivity contribution is -0.157. The molecule has 2 aromatic carbocycles. The van der Waals surface area contributed by atoms with Gasteiger partial charge in [0.2, 0.25) is 0 Å². The maximum Gasteiger partial charge on any atom is 0.312 e. The molecule has 0 fully saturated rings. The van der Waals surface area contributed by atoms with E-state index in [1.165, 1.54) is 10.6 Å². The SMILES string of the molecule is CC(C)=Cc1ccc(NC2CCc3cc4nc(C)n(COC(=O)C(C)(C)C)c(=O)c4cc32)cc1F. The number of aromatic nitrogens is 2. The smallest absolute Gasteiger partial charge is 0.312 e. The van der Waals surface area contributed by atoms with Crippen LogP contribution in [0.4, 0.5) is 10.1 Å². The number of esters is 1. The molecule has 0 aliphatic heterocycles. The minimum atomic E-state index is -0.662. The van der Waals surface area contributed by atoms with E-state index in [2.05, 4.69) is 10.3 Å². The summed E-state index contributed by atoms with van der Waals surface area (Å²) in [5.74, 6) is -0.172. The fourth-order valence-corrected chi connectivity index (χ4v) is 4.32. The molecular formula is C28H32FN3O3. The molecule has 7 heteroatoms. The van der Waals surface area contributed by atoms with Crippen LogP contribution in [0.3, 0.4) is 0 Å². The number of carbonyl (C=O) groups is 1. The number of aryl methyl sites for hydroxylation is 2. The van der Waals surface area contributed by atoms with Crippen molar-refractivity contribution in [1.29, 1.82) is 0 Å². The van der Waals surface area contributed by atoms with Crippen molar-refractivity contribution in [2.75, 3.05) is 5.32 Å². The van der Waals surface area contributed by atoms with Gasteiger partial charge < -0.3 is 10.1 Å². The summed E-state index contributed by atoms with van der Waals surface area (Å²) in [6, 6.07) is 8.94. The van der Waals surface area contributed by atoms with E-state index in [0.29, 0.717) is 28.0 Å². The van der Waals surface area contributed by atoms with Crippen molar-refractivity contribution in [2.45, 2.75) is 67.2 Å². The first-order chi connectivity index (χ1) is 16.4. The van der Waals surface area contributed by atoms with Gasteiger partial charge in [-0.15, -0.1) is 0 Å². The number of nitrogens with one attached hydrogen (secondary N) is 1. The molecule has 1 aliphatic rings. The van der Waals surface area contributed by atoms with E-state index in [4.69, 9.17) is 4.74 Å². The maximum absolute atomic E-state index is 14.6. The standard InChI is InChI=1S/C28H32FN3O3/c1-16(2)11-19-7-9-20(13-23(19)29)31-24-10-8-18-12-25-22(14-21(18)24)26(33)32(17(3)30-25)15-35-27(34)28(4,5)6/h7,9,11-14,24,31H,8,10,15H2,1-6H3. The zero-order valence-corrected chi connectivity index (χ0v) is 21.2. The second kappa shape index (κ2) is 9.29. The Morgan fingerprint density at radius 3 is 2.66 bits per heavy atom. The van der Waals surface area contributed by atoms with Crippen molar-refractivity contribution in [3.8, 4) is 0 Å². The zero-order valence-electron chi connectivity index (χ0n) is 21.2. The van der Waals surface area contributed by atoms with Crippen molar-refractivity contribution >= 4 is 28.6 Å². The Morgan fingerprint density at radius 2 is 2.00 bits per heavy atom. The molecule has 1 atom stereocenters. The number of ether oxygens (including phenoxy) is 1. The molecule has 1 aromatic heterocycles. The van der Waals surface area contributed by atoms with Crippen LogP contribution in [0.5, 0.6) is 0 Å². The van der Waals surface area contributed by atoms with Crippen molar-refractivity contribution in [3.05, 3.63) is 74.6 Å². The van der Waals surface area contributed by atoms with Crippen LogP contribution in [0.1, 0.15) is 69.6 Å². The number of benzene rings is 2. The van der Waals surface area contributed by atoms with Crippen molar-refractivity contribution < 1.29 is 13.9 Å². The Hall–Kier alpha value is -3.48. The molecule has 6 nitrogen and oxygen atoms in total. The normalized spacial score (nSPS) is 15.1. The van der Waals surface area contributed by atoms with Crippen LogP contribution in [0.2, 0.25) is 0 Å². The van der Waals surface area contributed by atoms with Gasteiger partial charge in [0.25, 0.3) is 5.56 Å². The highest BCUT2D eigenvalue weighted by Crippen LogP contribution is 2.36. The van der Waals surface area contributed by atoms with Gasteiger partial charge in [-0.1, -0.05) is 11.6 Å². The number of hydrogen-bond donors (Lipinski definition) is 1. The fraction of sp³-hybridized carbons (Fsp3) is 0.393. The molecule has 1 heterocycles. The number of anilines is 1. The highest BCUT2D eigenvalue weighted by molar-refractivity contribution is 5.80. The Morgan fingerprint density at radius 1 is 1.26 bits per heavy atom. The van der Waals surface area contributed by atoms with Crippen molar-refractivity contribution in [1.82, 2.24) is 9.55 Å². The highest BCUT2D eigenvalue weighted by Gasteiger charge is 2.26. The van der Waals surface area contributed by atoms with E-state index >= 15 is 0 Å². The summed E-state index contributed by atoms with van der Waals surface area (Å²) in [4.78, 5) is 30.1. The third kappa shape index (κ3) is 5.14. The van der Waals surface area contributed by atoms with Gasteiger partial charge in [0.15, 0.2) is 6.73 Å². The molecule has 0 radical (unpaired) electrons. The molecule has 4 rings (SSSR count). The highest BCUT2D eigenvalue weighted by atomic mass is 19.1. The maximum atomic E-state index is 14.6. The van der Waals surface area contributed by atoms with E-state index in [1.54, 1.807) is 33.8 Å². The summed E-state index contributed by atoms with van der Waals surface area (Å²) in [6.45, 7) is 10.7. The molecule has 0 saturated carbocycles. The van der Waals surface area contributed by atoms with E-state index < -0.39 is 5.41 Å². The number of rotatable bonds is 5. The summed E-state index contributed by atoms with van der Waals surface area (Å²) in [7, 11) is 0. The lowest BCUT2D eigenvalue weighted by Gasteiger charge is -2.19. The predicted octanol–water partition coefficient (Wildman–Crippen LogP) is 5.91. The van der Waals surface area contributed by atoms with Crippen LogP contribution < -0.4 is 10.9 Å². The van der Waals surface area contributed by atoms with E-state index in [1.807, 2.05) is 38.1 Å². The fourth-order valence-electron chi connectivity index (χ4n) is 4.32. The first-order valence-electron chi connectivity index (χ1n) is 11.9. The van der Waals surface area contributed by atoms with Crippen LogP contribution in [-0.2, 0) is 22.7 Å². The van der Waals surface area contributed by atoms with E-state index in [0.717, 1.165) is 29.5 Å². The number of hydrogen-bond acceptors (Lipinski definition) is 5. The summed E-state index contributed by atoms with van der Waals surface area (Å²) < 4.78 is 21.3. The van der Waals surface area contributed by atoms with Gasteiger partial charge in [-0.3, -0.25) is 14.2 Å². The Kier molecular flexibility index (Phi) is 6.54. The topological polar surface area (TPSA) is 73.2 Å². The Labute approximate surface area is 204 Å². The number of carbonyl (C=O) groups excluding carboxylic acids is 1. The summed E-state index contributed by atoms with van der Waals surface area (Å²) >= 11 is 0. The Balaban J connectivity index is 1.64. The quantitative estimate of drug-likeness (QED) is 0.462. The third-order valence-electron chi connectivity index (χ3n) is 6.21. The first kappa shape index (κ1) is 24.6. The van der Waals surface area contributed by atoms with Gasteiger partial charge in [0.1, 0.15) is 11.6 Å². The second-order valence-corrected chi connectivity index (χ2v) is 10.5. The summed E-state index contributed by atoms with van der Waals surface area (Å²) in [5.41, 5.74) is 4.13. The van der Waals surface area contributed by atoms with Gasteiger partial charge in [0.05, 0.1) is 22.4 Å². The van der Waals surface area contributed by atoms with E-state index in [-0.39, 0.29) is 30.1 Å². The monoisotopic (exact) mass is 477 g/mol. The van der Waals surface area contributed by atoms with Crippen molar-refractivity contribution in [2.24, 2.45) is 5.41 Å². The van der Waals surface area contributed by atoms with Gasteiger partial charge in [-0.25, -0.2) is 9.37 Å². The molecular weight excluding hydrogens is 445 g/mol. The third-order valence-corrected chi connectivity index (χ3v) is 6.21. The van der Waals surface area contributed by atoms with Crippen LogP contribution in [0.15, 0.2) is 40.7 Å². The lowest BCUT2D eigenvalue weighted by atomic mass is 9.98. The lowest BCUT2D eigenvalue weighted by Crippen LogP contribution is -2.30. The Bertz CT molecular complexity index is 1400. The molecule has 3 aromatic rings. The van der Waals surface area contributed by atoms with Gasteiger partial charge in [-0.2, -0.15) is 0 Å². The molecule has 0 bridgehead atoms. The first-order valence-corrected chi connectivity index (χ1v) is 11.9. The summed E-state index contributed by atoms with van der Waals surface area (Å²) in [5, 5.41) is 3.90. The molecule has 0 saturated heterocycles. The van der Waals surface area contributed by atoms with Gasteiger partial charge >= 0.3 is 5.97 Å². The molecule has 1 aliphatic carbocycles. The van der Waals surface area contributed by atoms with Gasteiger partial charge in [0, 0.05) is 11.3 Å². The van der Waals surface area contributed by atoms with Crippen LogP contribution in [-0.4, -0.2) is 15.5 Å². The van der Waals surface area contributed by atoms with Crippen LogP contribution in [0.25, 0.3) is 17.0 Å². The van der Waals surface area contributed by atoms with Crippen molar-refractivity contribution in [3.63, 3.8) is 0 Å².